The molecule has 1 unspecified atom stereocenters. The van der Waals surface area contributed by atoms with Crippen LogP contribution in [0.4, 0.5) is 10.6 Å². The third-order valence-corrected chi connectivity index (χ3v) is 9.20. The Bertz CT molecular complexity index is 1510. The summed E-state index contributed by atoms with van der Waals surface area (Å²) in [5, 5.41) is 17.3. The molecule has 1 aliphatic carbocycles. The van der Waals surface area contributed by atoms with E-state index in [0.29, 0.717) is 36.1 Å². The smallest absolute Gasteiger partial charge is 0.410 e. The molecule has 1 N–H and O–H groups in total. The van der Waals surface area contributed by atoms with E-state index in [0.717, 1.165) is 61.9 Å². The van der Waals surface area contributed by atoms with Gasteiger partial charge in [-0.05, 0) is 89.8 Å². The predicted octanol–water partition coefficient (Wildman–Crippen LogP) is 5.47. The lowest BCUT2D eigenvalue weighted by atomic mass is 9.84. The largest absolute Gasteiger partial charge is 0.497 e. The zero-order valence-corrected chi connectivity index (χ0v) is 27.5. The molecule has 0 bridgehead atoms. The maximum Gasteiger partial charge on any atom is 0.410 e. The normalized spacial score (nSPS) is 20.7. The van der Waals surface area contributed by atoms with Gasteiger partial charge in [-0.3, -0.25) is 4.79 Å². The van der Waals surface area contributed by atoms with Crippen molar-refractivity contribution in [3.05, 3.63) is 41.7 Å². The minimum Gasteiger partial charge on any atom is -0.497 e. The van der Waals surface area contributed by atoms with Crippen LogP contribution in [0.25, 0.3) is 10.9 Å². The molecular formula is C34H47N7O5. The van der Waals surface area contributed by atoms with Gasteiger partial charge in [0.25, 0.3) is 5.91 Å². The third-order valence-electron chi connectivity index (χ3n) is 9.20. The molecule has 2 atom stereocenters. The fourth-order valence-corrected chi connectivity index (χ4v) is 6.52. The first kappa shape index (κ1) is 32.0. The molecule has 1 aromatic carbocycles. The van der Waals surface area contributed by atoms with Gasteiger partial charge in [0.15, 0.2) is 12.0 Å². The number of methoxy groups -OCH3 is 1. The van der Waals surface area contributed by atoms with Crippen LogP contribution in [0, 0.1) is 5.92 Å². The quantitative estimate of drug-likeness (QED) is 0.327. The van der Waals surface area contributed by atoms with Crippen LogP contribution >= 0.6 is 0 Å². The average molecular weight is 634 g/mol. The Balaban J connectivity index is 1.10. The Morgan fingerprint density at radius 1 is 1.07 bits per heavy atom. The van der Waals surface area contributed by atoms with Crippen molar-refractivity contribution in [1.29, 1.82) is 0 Å². The predicted molar refractivity (Wildman–Crippen MR) is 174 cm³/mol. The fraction of sp³-hybridized carbons (Fsp3) is 0.618. The molecule has 4 heterocycles. The first-order valence-electron chi connectivity index (χ1n) is 16.7. The molecule has 46 heavy (non-hydrogen) atoms. The van der Waals surface area contributed by atoms with Crippen LogP contribution in [0.15, 0.2) is 30.5 Å². The number of piperidine rings is 1. The summed E-state index contributed by atoms with van der Waals surface area (Å²) < 4.78 is 19.1. The molecule has 0 spiro atoms. The highest BCUT2D eigenvalue weighted by Crippen LogP contribution is 2.32. The topological polar surface area (TPSA) is 124 Å². The van der Waals surface area contributed by atoms with Gasteiger partial charge in [0.1, 0.15) is 11.4 Å². The van der Waals surface area contributed by atoms with Gasteiger partial charge in [-0.15, -0.1) is 5.10 Å². The van der Waals surface area contributed by atoms with Crippen LogP contribution < -0.4 is 15.0 Å². The molecule has 12 nitrogen and oxygen atoms in total. The monoisotopic (exact) mass is 633 g/mol. The number of aromatic nitrogens is 4. The second-order valence-electron chi connectivity index (χ2n) is 13.8. The summed E-state index contributed by atoms with van der Waals surface area (Å²) in [4.78, 5) is 30.8. The summed E-state index contributed by atoms with van der Waals surface area (Å²) in [5.74, 6) is 1.65. The molecule has 2 saturated heterocycles. The summed E-state index contributed by atoms with van der Waals surface area (Å²) in [5.41, 5.74) is 1.40. The lowest BCUT2D eigenvalue weighted by Gasteiger charge is -2.42. The van der Waals surface area contributed by atoms with E-state index in [1.807, 2.05) is 48.6 Å². The summed E-state index contributed by atoms with van der Waals surface area (Å²) in [6.07, 6.45) is 9.79. The second-order valence-corrected chi connectivity index (χ2v) is 13.8. The molecular weight excluding hydrogens is 586 g/mol. The number of benzene rings is 1. The molecule has 6 rings (SSSR count). The van der Waals surface area contributed by atoms with Crippen LogP contribution in [0.3, 0.4) is 0 Å². The van der Waals surface area contributed by atoms with E-state index in [-0.39, 0.29) is 30.8 Å². The van der Waals surface area contributed by atoms with E-state index in [1.54, 1.807) is 19.4 Å². The number of hydrogen-bond acceptors (Lipinski definition) is 9. The highest BCUT2D eigenvalue weighted by atomic mass is 16.6. The Hall–Kier alpha value is -3.93. The molecule has 2 amide bonds. The van der Waals surface area contributed by atoms with Gasteiger partial charge in [0, 0.05) is 37.7 Å². The van der Waals surface area contributed by atoms with E-state index in [4.69, 9.17) is 14.2 Å². The van der Waals surface area contributed by atoms with Crippen molar-refractivity contribution in [1.82, 2.24) is 30.2 Å². The fourth-order valence-electron chi connectivity index (χ4n) is 6.52. The average Bonchev–Trinajstić information content (AvgIpc) is 3.46. The molecule has 3 fully saturated rings. The summed E-state index contributed by atoms with van der Waals surface area (Å²) in [6, 6.07) is 7.52. The molecule has 248 valence electrons. The number of rotatable bonds is 9. The molecule has 2 aliphatic heterocycles. The number of ether oxygens (including phenoxy) is 3. The molecule has 3 aromatic rings. The standard InChI is InChI=1S/C34H47N7O5/c1-34(2,3)46-33(43)40(21-23-9-7-10-23)25-11-8-15-39(22-25)30-14-13-24(37-38-30)19-35-32(42)27-17-26(44-4)18-29-28(27)20-36-41(29)31-12-5-6-16-45-31/h13-14,17-18,20,23,25,31H,5-12,15-16,19,21-22H2,1-4H3,(H,35,42)/t25-,31?/m1/s1. The van der Waals surface area contributed by atoms with Gasteiger partial charge >= 0.3 is 6.09 Å². The third kappa shape index (κ3) is 7.37. The van der Waals surface area contributed by atoms with Crippen LogP contribution in [-0.2, 0) is 16.0 Å². The Kier molecular flexibility index (Phi) is 9.62. The van der Waals surface area contributed by atoms with Crippen LogP contribution in [0.2, 0.25) is 0 Å². The highest BCUT2D eigenvalue weighted by Gasteiger charge is 2.35. The second kappa shape index (κ2) is 13.8. The van der Waals surface area contributed by atoms with E-state index in [9.17, 15) is 9.59 Å². The van der Waals surface area contributed by atoms with Crippen molar-refractivity contribution < 1.29 is 23.8 Å². The van der Waals surface area contributed by atoms with Crippen molar-refractivity contribution in [2.24, 2.45) is 5.92 Å². The van der Waals surface area contributed by atoms with E-state index in [1.165, 1.54) is 19.3 Å². The van der Waals surface area contributed by atoms with Gasteiger partial charge < -0.3 is 29.3 Å². The number of fused-ring (bicyclic) bond motifs is 1. The number of carbonyl (C=O) groups is 2. The van der Waals surface area contributed by atoms with E-state index < -0.39 is 5.60 Å². The highest BCUT2D eigenvalue weighted by molar-refractivity contribution is 6.06. The lowest BCUT2D eigenvalue weighted by molar-refractivity contribution is -0.0366. The number of nitrogens with one attached hydrogen (secondary N) is 1. The van der Waals surface area contributed by atoms with Crippen LogP contribution in [-0.4, -0.2) is 81.9 Å². The Labute approximate surface area is 270 Å². The van der Waals surface area contributed by atoms with Crippen molar-refractivity contribution in [2.45, 2.75) is 96.6 Å². The molecule has 12 heteroatoms. The number of hydrogen-bond donors (Lipinski definition) is 1. The van der Waals surface area contributed by atoms with Gasteiger partial charge in [-0.25, -0.2) is 9.48 Å². The summed E-state index contributed by atoms with van der Waals surface area (Å²) in [7, 11) is 1.59. The Morgan fingerprint density at radius 2 is 1.91 bits per heavy atom. The number of nitrogens with zero attached hydrogens (tertiary/aromatic N) is 6. The molecule has 1 saturated carbocycles. The van der Waals surface area contributed by atoms with Gasteiger partial charge in [0.2, 0.25) is 0 Å². The van der Waals surface area contributed by atoms with Crippen molar-refractivity contribution in [3.63, 3.8) is 0 Å². The van der Waals surface area contributed by atoms with E-state index >= 15 is 0 Å². The van der Waals surface area contributed by atoms with E-state index in [2.05, 4.69) is 25.5 Å². The minimum atomic E-state index is -0.537. The SMILES string of the molecule is COc1cc(C(=O)NCc2ccc(N3CCC[C@@H](N(CC4CCC4)C(=O)OC(C)(C)C)C3)nn2)c2cnn(C3CCCCO3)c2c1. The number of carbonyl (C=O) groups excluding carboxylic acids is 2. The van der Waals surface area contributed by atoms with Gasteiger partial charge in [-0.2, -0.15) is 10.2 Å². The number of anilines is 1. The first-order chi connectivity index (χ1) is 22.2. The van der Waals surface area contributed by atoms with Crippen LogP contribution in [0.5, 0.6) is 5.75 Å². The zero-order chi connectivity index (χ0) is 32.3. The first-order valence-corrected chi connectivity index (χ1v) is 16.7. The molecule has 2 aromatic heterocycles. The minimum absolute atomic E-state index is 0.0543. The zero-order valence-electron chi connectivity index (χ0n) is 27.5. The van der Waals surface area contributed by atoms with Gasteiger partial charge in [-0.1, -0.05) is 6.42 Å². The molecule has 3 aliphatic rings. The lowest BCUT2D eigenvalue weighted by Crippen LogP contribution is -2.53. The van der Waals surface area contributed by atoms with Crippen molar-refractivity contribution >= 4 is 28.7 Å². The van der Waals surface area contributed by atoms with Crippen LogP contribution in [0.1, 0.15) is 94.4 Å². The van der Waals surface area contributed by atoms with Gasteiger partial charge in [0.05, 0.1) is 42.7 Å². The number of amides is 2. The maximum absolute atomic E-state index is 13.4. The van der Waals surface area contributed by atoms with Crippen molar-refractivity contribution in [3.8, 4) is 5.75 Å². The molecule has 0 radical (unpaired) electrons. The Morgan fingerprint density at radius 3 is 2.59 bits per heavy atom. The summed E-state index contributed by atoms with van der Waals surface area (Å²) in [6.45, 7) is 8.94. The summed E-state index contributed by atoms with van der Waals surface area (Å²) >= 11 is 0. The maximum atomic E-state index is 13.4. The van der Waals surface area contributed by atoms with Crippen molar-refractivity contribution in [2.75, 3.05) is 38.3 Å².